The van der Waals surface area contributed by atoms with Gasteiger partial charge in [-0.05, 0) is 6.54 Å². The molecule has 2 unspecified atom stereocenters. The molecule has 0 aromatic rings. The van der Waals surface area contributed by atoms with Crippen molar-refractivity contribution in [1.29, 1.82) is 0 Å². The first-order chi connectivity index (χ1) is 17.5. The largest absolute Gasteiger partial charge is 0.394 e. The quantitative estimate of drug-likeness (QED) is 0.128. The van der Waals surface area contributed by atoms with Gasteiger partial charge in [0, 0.05) is 0 Å². The van der Waals surface area contributed by atoms with Crippen LogP contribution in [-0.2, 0) is 23.7 Å². The molecule has 3 rings (SSSR count). The predicted octanol–water partition coefficient (Wildman–Crippen LogP) is -7.74. The highest BCUT2D eigenvalue weighted by Crippen LogP contribution is 2.33. The molecule has 0 aliphatic carbocycles. The zero-order valence-electron chi connectivity index (χ0n) is 20.3. The van der Waals surface area contributed by atoms with Gasteiger partial charge in [0.05, 0.1) is 37.9 Å². The molecule has 0 radical (unpaired) electrons. The van der Waals surface area contributed by atoms with E-state index in [9.17, 15) is 40.9 Å². The molecular formula is C20H40N4O13. The van der Waals surface area contributed by atoms with Gasteiger partial charge < -0.3 is 81.7 Å². The lowest BCUT2D eigenvalue weighted by atomic mass is 9.92. The van der Waals surface area contributed by atoms with E-state index >= 15 is 0 Å². The van der Waals surface area contributed by atoms with Crippen LogP contribution in [0, 0.1) is 0 Å². The molecule has 0 saturated carbocycles. The van der Waals surface area contributed by atoms with E-state index in [1.165, 1.54) is 0 Å². The third-order valence-electron chi connectivity index (χ3n) is 6.95. The molecule has 3 aliphatic heterocycles. The Morgan fingerprint density at radius 3 is 1.81 bits per heavy atom. The molecule has 37 heavy (non-hydrogen) atoms. The summed E-state index contributed by atoms with van der Waals surface area (Å²) in [6.07, 6.45) is -16.1. The Labute approximate surface area is 212 Å². The number of nitrogens with one attached hydrogen (secondary N) is 1. The standard InChI is InChI=1S/C20H40N4O13/c1-2-24-20(5-27)16(31)13(30)10(23)19(37-20)36-15-7(4-26)34-18(9(22)12(15)29)35-14-6(3-25)33-17(32)8(21)11(14)28/h6-19,24-32H,2-5,21-23H2,1H3/t6-,7-,8-,9-,10-,11-,12-,13-,14?,15?,16+,17-,18+,19+,20-/m1/s1. The summed E-state index contributed by atoms with van der Waals surface area (Å²) in [4.78, 5) is 0. The first-order valence-corrected chi connectivity index (χ1v) is 12.0. The maximum absolute atomic E-state index is 10.9. The molecule has 17 heteroatoms. The van der Waals surface area contributed by atoms with Crippen LogP contribution in [0.5, 0.6) is 0 Å². The van der Waals surface area contributed by atoms with Crippen LogP contribution < -0.4 is 22.5 Å². The molecule has 3 heterocycles. The van der Waals surface area contributed by atoms with Gasteiger partial charge in [0.2, 0.25) is 0 Å². The van der Waals surface area contributed by atoms with Crippen molar-refractivity contribution in [3.05, 3.63) is 0 Å². The maximum atomic E-state index is 10.9. The SMILES string of the molecule is CCN[C@]1(CO)O[C@H](OC2[C@@H](CO)O[C@@H](OC3[C@@H](CO)O[C@@H](O)[C@H](N)[C@H]3O)[C@H](N)[C@H]2O)[C@H](N)[C@@H](O)[C@@H]1O. The van der Waals surface area contributed by atoms with E-state index in [1.807, 2.05) is 0 Å². The number of aliphatic hydroxyl groups excluding tert-OH is 8. The van der Waals surface area contributed by atoms with Crippen LogP contribution in [0.25, 0.3) is 0 Å². The molecule has 3 aliphatic rings. The number of ether oxygens (including phenoxy) is 5. The normalized spacial score (nSPS) is 51.2. The molecule has 0 aromatic carbocycles. The van der Waals surface area contributed by atoms with Gasteiger partial charge in [-0.15, -0.1) is 0 Å². The Kier molecular flexibility index (Phi) is 10.6. The van der Waals surface area contributed by atoms with Crippen LogP contribution in [-0.4, -0.2) is 159 Å². The highest BCUT2D eigenvalue weighted by Gasteiger charge is 2.56. The van der Waals surface area contributed by atoms with Crippen molar-refractivity contribution in [2.45, 2.75) is 98.5 Å². The molecule has 0 spiro atoms. The van der Waals surface area contributed by atoms with Gasteiger partial charge in [-0.1, -0.05) is 6.92 Å². The summed E-state index contributed by atoms with van der Waals surface area (Å²) in [6.45, 7) is -0.229. The summed E-state index contributed by atoms with van der Waals surface area (Å²) in [7, 11) is 0. The van der Waals surface area contributed by atoms with E-state index < -0.39 is 111 Å². The molecule has 15 atom stereocenters. The van der Waals surface area contributed by atoms with E-state index in [0.29, 0.717) is 0 Å². The molecular weight excluding hydrogens is 504 g/mol. The highest BCUT2D eigenvalue weighted by atomic mass is 16.7. The second kappa shape index (κ2) is 12.7. The Balaban J connectivity index is 1.76. The van der Waals surface area contributed by atoms with Crippen LogP contribution >= 0.6 is 0 Å². The minimum absolute atomic E-state index is 0.233. The summed E-state index contributed by atoms with van der Waals surface area (Å²) in [6, 6.07) is -3.97. The lowest BCUT2D eigenvalue weighted by Crippen LogP contribution is -2.74. The van der Waals surface area contributed by atoms with E-state index in [1.54, 1.807) is 6.92 Å². The van der Waals surface area contributed by atoms with Crippen molar-refractivity contribution in [3.8, 4) is 0 Å². The lowest BCUT2D eigenvalue weighted by Gasteiger charge is -2.51. The van der Waals surface area contributed by atoms with E-state index in [2.05, 4.69) is 5.32 Å². The van der Waals surface area contributed by atoms with Crippen LogP contribution in [0.4, 0.5) is 0 Å². The number of nitrogens with two attached hydrogens (primary N) is 3. The fraction of sp³-hybridized carbons (Fsp3) is 1.00. The van der Waals surface area contributed by atoms with E-state index in [0.717, 1.165) is 0 Å². The summed E-state index contributed by atoms with van der Waals surface area (Å²) in [5.74, 6) is 0. The van der Waals surface area contributed by atoms with Crippen molar-refractivity contribution < 1.29 is 64.5 Å². The Bertz CT molecular complexity index is 726. The summed E-state index contributed by atoms with van der Waals surface area (Å²) in [5, 5.41) is 84.2. The minimum Gasteiger partial charge on any atom is -0.394 e. The Morgan fingerprint density at radius 2 is 1.27 bits per heavy atom. The zero-order chi connectivity index (χ0) is 27.7. The highest BCUT2D eigenvalue weighted by molar-refractivity contribution is 5.02. The molecule has 3 saturated heterocycles. The monoisotopic (exact) mass is 544 g/mol. The van der Waals surface area contributed by atoms with Crippen molar-refractivity contribution in [1.82, 2.24) is 5.32 Å². The third kappa shape index (κ3) is 5.93. The van der Waals surface area contributed by atoms with Crippen LogP contribution in [0.3, 0.4) is 0 Å². The molecule has 218 valence electrons. The molecule has 0 amide bonds. The van der Waals surface area contributed by atoms with Crippen molar-refractivity contribution in [3.63, 3.8) is 0 Å². The number of likely N-dealkylation sites (N-methyl/N-ethyl adjacent to an activating group) is 1. The van der Waals surface area contributed by atoms with Crippen molar-refractivity contribution in [2.75, 3.05) is 26.4 Å². The second-order valence-corrected chi connectivity index (χ2v) is 9.39. The Morgan fingerprint density at radius 1 is 0.757 bits per heavy atom. The fourth-order valence-electron chi connectivity index (χ4n) is 4.71. The molecule has 17 nitrogen and oxygen atoms in total. The smallest absolute Gasteiger partial charge is 0.178 e. The van der Waals surface area contributed by atoms with Crippen molar-refractivity contribution in [2.24, 2.45) is 17.2 Å². The van der Waals surface area contributed by atoms with Gasteiger partial charge in [-0.2, -0.15) is 0 Å². The van der Waals surface area contributed by atoms with Gasteiger partial charge in [0.25, 0.3) is 0 Å². The first-order valence-electron chi connectivity index (χ1n) is 12.0. The van der Waals surface area contributed by atoms with Crippen LogP contribution in [0.2, 0.25) is 0 Å². The van der Waals surface area contributed by atoms with Gasteiger partial charge >= 0.3 is 0 Å². The zero-order valence-corrected chi connectivity index (χ0v) is 20.3. The summed E-state index contributed by atoms with van der Waals surface area (Å²) >= 11 is 0. The molecule has 15 N–H and O–H groups in total. The van der Waals surface area contributed by atoms with Crippen LogP contribution in [0.15, 0.2) is 0 Å². The molecule has 0 aromatic heterocycles. The third-order valence-corrected chi connectivity index (χ3v) is 6.95. The Hall–Kier alpha value is -0.680. The summed E-state index contributed by atoms with van der Waals surface area (Å²) in [5.41, 5.74) is 16.0. The van der Waals surface area contributed by atoms with Gasteiger partial charge in [0.1, 0.15) is 48.8 Å². The predicted molar refractivity (Wildman–Crippen MR) is 120 cm³/mol. The van der Waals surface area contributed by atoms with E-state index in [4.69, 9.17) is 40.9 Å². The number of hydrogen-bond acceptors (Lipinski definition) is 17. The number of aliphatic hydroxyl groups is 8. The van der Waals surface area contributed by atoms with Gasteiger partial charge in [-0.3, -0.25) is 5.32 Å². The average molecular weight is 545 g/mol. The first kappa shape index (κ1) is 30.9. The number of rotatable bonds is 9. The summed E-state index contributed by atoms with van der Waals surface area (Å²) < 4.78 is 28.0. The van der Waals surface area contributed by atoms with Crippen molar-refractivity contribution >= 4 is 0 Å². The maximum Gasteiger partial charge on any atom is 0.178 e. The van der Waals surface area contributed by atoms with Gasteiger partial charge in [0.15, 0.2) is 24.6 Å². The molecule has 0 bridgehead atoms. The number of hydrogen-bond donors (Lipinski definition) is 12. The lowest BCUT2D eigenvalue weighted by molar-refractivity contribution is -0.364. The van der Waals surface area contributed by atoms with Crippen LogP contribution in [0.1, 0.15) is 6.92 Å². The van der Waals surface area contributed by atoms with E-state index in [-0.39, 0.29) is 6.54 Å². The average Bonchev–Trinajstić information content (AvgIpc) is 2.89. The minimum atomic E-state index is -1.84. The fourth-order valence-corrected chi connectivity index (χ4v) is 4.71. The molecule has 3 fully saturated rings. The van der Waals surface area contributed by atoms with Gasteiger partial charge in [-0.25, -0.2) is 0 Å². The second-order valence-electron chi connectivity index (χ2n) is 9.39. The topological polar surface area (TPSA) is 298 Å².